The molecule has 0 fully saturated rings. The summed E-state index contributed by atoms with van der Waals surface area (Å²) in [7, 11) is 0. The molecule has 2 unspecified atom stereocenters. The number of thiol groups is 1. The van der Waals surface area contributed by atoms with Gasteiger partial charge in [0.25, 0.3) is 0 Å². The Morgan fingerprint density at radius 3 is 1.94 bits per heavy atom. The Morgan fingerprint density at radius 2 is 1.53 bits per heavy atom. The fraction of sp³-hybridized carbons (Fsp3) is 0.625. The summed E-state index contributed by atoms with van der Waals surface area (Å²) in [6, 6.07) is 3.63. The number of alkyl carbamates (subject to hydrolysis) is 1. The number of aryl methyl sites for hydroxylation is 2. The van der Waals surface area contributed by atoms with E-state index in [1.807, 2.05) is 59.7 Å². The molecular weight excluding hydrogens is 426 g/mol. The smallest absolute Gasteiger partial charge is 0.408 e. The molecule has 1 rings (SSSR count). The molecule has 0 aliphatic heterocycles. The maximum atomic E-state index is 13.6. The van der Waals surface area contributed by atoms with E-state index in [0.29, 0.717) is 0 Å². The van der Waals surface area contributed by atoms with Gasteiger partial charge in [-0.1, -0.05) is 29.3 Å². The Labute approximate surface area is 198 Å². The van der Waals surface area contributed by atoms with Crippen molar-refractivity contribution >= 4 is 30.5 Å². The number of hydrogen-bond acceptors (Lipinski definition) is 5. The van der Waals surface area contributed by atoms with Crippen molar-refractivity contribution < 1.29 is 19.1 Å². The van der Waals surface area contributed by atoms with Gasteiger partial charge in [-0.2, -0.15) is 12.6 Å². The molecule has 2 atom stereocenters. The van der Waals surface area contributed by atoms with Crippen LogP contribution in [-0.4, -0.2) is 52.3 Å². The van der Waals surface area contributed by atoms with Crippen LogP contribution < -0.4 is 10.6 Å². The first-order chi connectivity index (χ1) is 14.7. The fourth-order valence-corrected chi connectivity index (χ4v) is 3.71. The van der Waals surface area contributed by atoms with E-state index in [1.54, 1.807) is 20.8 Å². The van der Waals surface area contributed by atoms with Gasteiger partial charge in [0.2, 0.25) is 11.8 Å². The standard InChI is InChI=1S/C24H39N3O4S/c1-14(2)25-21(28)20(18-11-16(5)10-17(6)12-18)27(15(3)4)22(29)19(13-32)26-23(30)31-24(7,8)9/h10-12,14-15,19-20,32H,13H2,1-9H3,(H,25,28)(H,26,30). The summed E-state index contributed by atoms with van der Waals surface area (Å²) in [6.07, 6.45) is -0.705. The molecule has 0 spiro atoms. The lowest BCUT2D eigenvalue weighted by atomic mass is 9.97. The Balaban J connectivity index is 3.41. The Bertz CT molecular complexity index is 798. The largest absolute Gasteiger partial charge is 0.444 e. The topological polar surface area (TPSA) is 87.7 Å². The first-order valence-corrected chi connectivity index (χ1v) is 11.6. The Morgan fingerprint density at radius 1 is 1.00 bits per heavy atom. The molecule has 0 heterocycles. The van der Waals surface area contributed by atoms with Crippen LogP contribution in [-0.2, 0) is 14.3 Å². The highest BCUT2D eigenvalue weighted by atomic mass is 32.1. The zero-order chi connectivity index (χ0) is 24.8. The molecule has 0 saturated carbocycles. The molecule has 3 amide bonds. The highest BCUT2D eigenvalue weighted by Gasteiger charge is 2.37. The van der Waals surface area contributed by atoms with E-state index >= 15 is 0 Å². The minimum absolute atomic E-state index is 0.0622. The molecule has 0 aromatic heterocycles. The van der Waals surface area contributed by atoms with Crippen LogP contribution in [0.25, 0.3) is 0 Å². The average molecular weight is 466 g/mol. The molecule has 1 aromatic rings. The zero-order valence-electron chi connectivity index (χ0n) is 20.8. The van der Waals surface area contributed by atoms with Gasteiger partial charge < -0.3 is 20.3 Å². The second kappa shape index (κ2) is 11.6. The molecule has 0 radical (unpaired) electrons. The van der Waals surface area contributed by atoms with Crippen molar-refractivity contribution in [2.24, 2.45) is 0 Å². The highest BCUT2D eigenvalue weighted by Crippen LogP contribution is 2.27. The number of nitrogens with one attached hydrogen (secondary N) is 2. The predicted molar refractivity (Wildman–Crippen MR) is 131 cm³/mol. The van der Waals surface area contributed by atoms with Crippen LogP contribution in [0.1, 0.15) is 71.2 Å². The van der Waals surface area contributed by atoms with E-state index in [1.165, 1.54) is 4.90 Å². The minimum Gasteiger partial charge on any atom is -0.444 e. The predicted octanol–water partition coefficient (Wildman–Crippen LogP) is 3.93. The maximum Gasteiger partial charge on any atom is 0.408 e. The number of hydrogen-bond donors (Lipinski definition) is 3. The van der Waals surface area contributed by atoms with Crippen LogP contribution >= 0.6 is 12.6 Å². The number of rotatable bonds is 8. The van der Waals surface area contributed by atoms with E-state index in [2.05, 4.69) is 23.3 Å². The molecule has 32 heavy (non-hydrogen) atoms. The van der Waals surface area contributed by atoms with Gasteiger partial charge in [0, 0.05) is 17.8 Å². The lowest BCUT2D eigenvalue weighted by Gasteiger charge is -2.37. The van der Waals surface area contributed by atoms with Crippen LogP contribution in [0.15, 0.2) is 18.2 Å². The third kappa shape index (κ3) is 8.37. The van der Waals surface area contributed by atoms with E-state index in [0.717, 1.165) is 16.7 Å². The van der Waals surface area contributed by atoms with Crippen LogP contribution in [0.2, 0.25) is 0 Å². The van der Waals surface area contributed by atoms with Gasteiger partial charge in [0.05, 0.1) is 0 Å². The van der Waals surface area contributed by atoms with Crippen LogP contribution in [0, 0.1) is 13.8 Å². The molecule has 1 aromatic carbocycles. The number of ether oxygens (including phenoxy) is 1. The summed E-state index contributed by atoms with van der Waals surface area (Å²) in [4.78, 5) is 40.8. The maximum absolute atomic E-state index is 13.6. The monoisotopic (exact) mass is 465 g/mol. The lowest BCUT2D eigenvalue weighted by molar-refractivity contribution is -0.144. The lowest BCUT2D eigenvalue weighted by Crippen LogP contribution is -2.56. The van der Waals surface area contributed by atoms with Crippen molar-refractivity contribution in [3.8, 4) is 0 Å². The first kappa shape index (κ1) is 27.8. The van der Waals surface area contributed by atoms with Crippen molar-refractivity contribution in [1.82, 2.24) is 15.5 Å². The van der Waals surface area contributed by atoms with Gasteiger partial charge in [0.15, 0.2) is 0 Å². The van der Waals surface area contributed by atoms with Crippen molar-refractivity contribution in [3.63, 3.8) is 0 Å². The number of carbonyl (C=O) groups excluding carboxylic acids is 3. The molecule has 2 N–H and O–H groups in total. The minimum atomic E-state index is -0.948. The van der Waals surface area contributed by atoms with Gasteiger partial charge in [-0.25, -0.2) is 4.79 Å². The fourth-order valence-electron chi connectivity index (χ4n) is 3.46. The number of benzene rings is 1. The second-order valence-electron chi connectivity index (χ2n) is 9.71. The summed E-state index contributed by atoms with van der Waals surface area (Å²) in [5.74, 6) is -0.613. The number of nitrogens with zero attached hydrogens (tertiary/aromatic N) is 1. The molecule has 180 valence electrons. The average Bonchev–Trinajstić information content (AvgIpc) is 2.60. The second-order valence-corrected chi connectivity index (χ2v) is 10.1. The van der Waals surface area contributed by atoms with Crippen LogP contribution in [0.5, 0.6) is 0 Å². The third-order valence-electron chi connectivity index (χ3n) is 4.50. The third-order valence-corrected chi connectivity index (χ3v) is 4.86. The Hall–Kier alpha value is -2.22. The Kier molecular flexibility index (Phi) is 10.1. The molecule has 7 nitrogen and oxygen atoms in total. The number of carbonyl (C=O) groups is 3. The van der Waals surface area contributed by atoms with Gasteiger partial charge >= 0.3 is 6.09 Å². The van der Waals surface area contributed by atoms with Crippen molar-refractivity contribution in [3.05, 3.63) is 34.9 Å². The summed E-state index contributed by atoms with van der Waals surface area (Å²) in [5, 5.41) is 5.54. The summed E-state index contributed by atoms with van der Waals surface area (Å²) >= 11 is 4.28. The van der Waals surface area contributed by atoms with E-state index in [-0.39, 0.29) is 23.7 Å². The van der Waals surface area contributed by atoms with Crippen molar-refractivity contribution in [2.75, 3.05) is 5.75 Å². The van der Waals surface area contributed by atoms with Gasteiger partial charge in [-0.05, 0) is 67.9 Å². The van der Waals surface area contributed by atoms with Crippen LogP contribution in [0.3, 0.4) is 0 Å². The summed E-state index contributed by atoms with van der Waals surface area (Å²) in [6.45, 7) is 16.6. The summed E-state index contributed by atoms with van der Waals surface area (Å²) in [5.41, 5.74) is 2.01. The van der Waals surface area contributed by atoms with Gasteiger partial charge in [-0.15, -0.1) is 0 Å². The van der Waals surface area contributed by atoms with Crippen LogP contribution in [0.4, 0.5) is 4.79 Å². The quantitative estimate of drug-likeness (QED) is 0.508. The molecular formula is C24H39N3O4S. The zero-order valence-corrected chi connectivity index (χ0v) is 21.7. The molecule has 0 saturated heterocycles. The van der Waals surface area contributed by atoms with Gasteiger partial charge in [0.1, 0.15) is 17.7 Å². The first-order valence-electron chi connectivity index (χ1n) is 11.0. The van der Waals surface area contributed by atoms with E-state index in [4.69, 9.17) is 4.74 Å². The number of amides is 3. The highest BCUT2D eigenvalue weighted by molar-refractivity contribution is 7.80. The SMILES string of the molecule is Cc1cc(C)cc(C(C(=O)NC(C)C)N(C(=O)C(CS)NC(=O)OC(C)(C)C)C(C)C)c1. The normalized spacial score (nSPS) is 13.5. The van der Waals surface area contributed by atoms with Gasteiger partial charge in [-0.3, -0.25) is 9.59 Å². The summed E-state index contributed by atoms with van der Waals surface area (Å²) < 4.78 is 5.30. The van der Waals surface area contributed by atoms with E-state index in [9.17, 15) is 14.4 Å². The molecule has 0 bridgehead atoms. The van der Waals surface area contributed by atoms with Crippen molar-refractivity contribution in [2.45, 2.75) is 92.1 Å². The molecule has 0 aliphatic carbocycles. The molecule has 8 heteroatoms. The van der Waals surface area contributed by atoms with Crippen molar-refractivity contribution in [1.29, 1.82) is 0 Å². The molecule has 0 aliphatic rings. The van der Waals surface area contributed by atoms with E-state index < -0.39 is 29.7 Å².